The summed E-state index contributed by atoms with van der Waals surface area (Å²) in [5.41, 5.74) is 1.08. The van der Waals surface area contributed by atoms with Gasteiger partial charge in [0.1, 0.15) is 11.5 Å². The lowest BCUT2D eigenvalue weighted by atomic mass is 10.1. The van der Waals surface area contributed by atoms with Gasteiger partial charge in [-0.1, -0.05) is 0 Å². The largest absolute Gasteiger partial charge is 0.478 e. The number of carboxylic acids is 1. The Balaban J connectivity index is 1.59. The number of pyridine rings is 1. The van der Waals surface area contributed by atoms with Gasteiger partial charge in [0, 0.05) is 23.1 Å². The van der Waals surface area contributed by atoms with Crippen molar-refractivity contribution in [1.29, 1.82) is 0 Å². The molecule has 30 heavy (non-hydrogen) atoms. The van der Waals surface area contributed by atoms with E-state index in [4.69, 9.17) is 13.9 Å². The molecule has 0 aliphatic carbocycles. The minimum Gasteiger partial charge on any atom is -0.478 e. The summed E-state index contributed by atoms with van der Waals surface area (Å²) in [5.74, 6) is 0.967. The van der Waals surface area contributed by atoms with Crippen LogP contribution < -0.4 is 9.47 Å². The summed E-state index contributed by atoms with van der Waals surface area (Å²) in [4.78, 5) is 26.6. The summed E-state index contributed by atoms with van der Waals surface area (Å²) < 4.78 is 16.6. The summed E-state index contributed by atoms with van der Waals surface area (Å²) in [7, 11) is 0. The van der Waals surface area contributed by atoms with Crippen molar-refractivity contribution in [2.24, 2.45) is 0 Å². The van der Waals surface area contributed by atoms with Crippen LogP contribution in [0.3, 0.4) is 0 Å². The fourth-order valence-corrected chi connectivity index (χ4v) is 3.31. The molecule has 0 saturated heterocycles. The molecular weight excluding hydrogens is 392 g/mol. The van der Waals surface area contributed by atoms with E-state index in [1.165, 1.54) is 24.3 Å². The Kier molecular flexibility index (Phi) is 3.88. The number of hydrogen-bond acceptors (Lipinski definition) is 7. The van der Waals surface area contributed by atoms with Crippen molar-refractivity contribution in [3.05, 3.63) is 70.3 Å². The van der Waals surface area contributed by atoms with Crippen molar-refractivity contribution >= 4 is 22.6 Å². The van der Waals surface area contributed by atoms with Crippen LogP contribution in [0.15, 0.2) is 59.0 Å². The zero-order valence-corrected chi connectivity index (χ0v) is 15.2. The zero-order chi connectivity index (χ0) is 20.8. The minimum absolute atomic E-state index is 0.0975. The fourth-order valence-electron chi connectivity index (χ4n) is 3.31. The van der Waals surface area contributed by atoms with Crippen LogP contribution in [0.1, 0.15) is 10.4 Å². The van der Waals surface area contributed by atoms with E-state index in [1.807, 2.05) is 6.07 Å². The summed E-state index contributed by atoms with van der Waals surface area (Å²) in [6.45, 7) is 0.166. The van der Waals surface area contributed by atoms with E-state index < -0.39 is 10.9 Å². The van der Waals surface area contributed by atoms with E-state index in [0.29, 0.717) is 34.2 Å². The van der Waals surface area contributed by atoms with Crippen LogP contribution in [-0.4, -0.2) is 27.8 Å². The van der Waals surface area contributed by atoms with Gasteiger partial charge in [0.05, 0.1) is 16.0 Å². The van der Waals surface area contributed by atoms with Gasteiger partial charge >= 0.3 is 5.97 Å². The van der Waals surface area contributed by atoms with Gasteiger partial charge in [-0.3, -0.25) is 10.1 Å². The van der Waals surface area contributed by atoms with Gasteiger partial charge in [-0.25, -0.2) is 9.78 Å². The van der Waals surface area contributed by atoms with Crippen LogP contribution in [0, 0.1) is 10.1 Å². The fraction of sp³-hybridized carbons (Fsp3) is 0.0476. The first kappa shape index (κ1) is 17.7. The number of benzene rings is 2. The number of nitrogens with zero attached hydrogens (tertiary/aromatic N) is 2. The first-order valence-electron chi connectivity index (χ1n) is 8.82. The molecule has 0 radical (unpaired) electrons. The van der Waals surface area contributed by atoms with Crippen LogP contribution in [0.5, 0.6) is 11.5 Å². The van der Waals surface area contributed by atoms with E-state index in [0.717, 1.165) is 5.56 Å². The highest BCUT2D eigenvalue weighted by Gasteiger charge is 2.19. The molecule has 0 fully saturated rings. The van der Waals surface area contributed by atoms with E-state index in [2.05, 4.69) is 4.98 Å². The highest BCUT2D eigenvalue weighted by molar-refractivity contribution is 6.04. The molecule has 1 aliphatic rings. The maximum Gasteiger partial charge on any atom is 0.336 e. The number of aromatic carboxylic acids is 1. The van der Waals surface area contributed by atoms with E-state index in [1.54, 1.807) is 24.3 Å². The molecule has 0 unspecified atom stereocenters. The molecule has 148 valence electrons. The number of ether oxygens (including phenoxy) is 2. The molecule has 4 aromatic rings. The number of rotatable bonds is 4. The Labute approximate surface area is 168 Å². The van der Waals surface area contributed by atoms with Crippen molar-refractivity contribution in [1.82, 2.24) is 4.98 Å². The Morgan fingerprint density at radius 3 is 2.60 bits per heavy atom. The van der Waals surface area contributed by atoms with Crippen LogP contribution in [0.4, 0.5) is 5.69 Å². The third kappa shape index (κ3) is 2.89. The second kappa shape index (κ2) is 6.59. The smallest absolute Gasteiger partial charge is 0.336 e. The molecule has 0 amide bonds. The van der Waals surface area contributed by atoms with Gasteiger partial charge in [-0.05, 0) is 42.5 Å². The van der Waals surface area contributed by atoms with Gasteiger partial charge in [0.15, 0.2) is 17.3 Å². The average Bonchev–Trinajstić information content (AvgIpc) is 3.41. The maximum atomic E-state index is 11.8. The van der Waals surface area contributed by atoms with Crippen LogP contribution in [-0.2, 0) is 0 Å². The zero-order valence-electron chi connectivity index (χ0n) is 15.2. The van der Waals surface area contributed by atoms with Gasteiger partial charge in [0.2, 0.25) is 6.79 Å². The topological polar surface area (TPSA) is 125 Å². The Hall–Kier alpha value is -4.40. The number of carbonyl (C=O) groups is 1. The van der Waals surface area contributed by atoms with E-state index in [9.17, 15) is 20.0 Å². The van der Waals surface area contributed by atoms with Gasteiger partial charge in [-0.2, -0.15) is 0 Å². The first-order chi connectivity index (χ1) is 14.5. The van der Waals surface area contributed by atoms with E-state index in [-0.39, 0.29) is 23.4 Å². The van der Waals surface area contributed by atoms with Crippen LogP contribution in [0.2, 0.25) is 0 Å². The van der Waals surface area contributed by atoms with Crippen molar-refractivity contribution in [3.8, 4) is 34.3 Å². The molecule has 1 N–H and O–H groups in total. The number of fused-ring (bicyclic) bond motifs is 2. The summed E-state index contributed by atoms with van der Waals surface area (Å²) in [6.07, 6.45) is 0. The van der Waals surface area contributed by atoms with Crippen LogP contribution >= 0.6 is 0 Å². The number of nitro benzene ring substituents is 1. The van der Waals surface area contributed by atoms with Crippen molar-refractivity contribution in [2.45, 2.75) is 0 Å². The number of nitro groups is 1. The van der Waals surface area contributed by atoms with Gasteiger partial charge < -0.3 is 19.0 Å². The standard InChI is InChI=1S/C21H12N2O7/c24-21(25)14-9-16(22-15-3-2-12(23(26)27)8-13(14)15)18-6-5-17(30-18)11-1-4-19-20(7-11)29-10-28-19/h1-9H,10H2,(H,24,25). The van der Waals surface area contributed by atoms with Gasteiger partial charge in [0.25, 0.3) is 5.69 Å². The second-order valence-corrected chi connectivity index (χ2v) is 6.55. The number of non-ortho nitro benzene ring substituents is 1. The maximum absolute atomic E-state index is 11.8. The molecule has 2 aromatic heterocycles. The highest BCUT2D eigenvalue weighted by Crippen LogP contribution is 2.37. The van der Waals surface area contributed by atoms with E-state index >= 15 is 0 Å². The Morgan fingerprint density at radius 1 is 1.00 bits per heavy atom. The first-order valence-corrected chi connectivity index (χ1v) is 8.82. The molecule has 0 atom stereocenters. The third-order valence-corrected chi connectivity index (χ3v) is 4.75. The third-order valence-electron chi connectivity index (χ3n) is 4.75. The van der Waals surface area contributed by atoms with Crippen molar-refractivity contribution in [3.63, 3.8) is 0 Å². The molecule has 9 nitrogen and oxygen atoms in total. The molecular formula is C21H12N2O7. The minimum atomic E-state index is -1.22. The molecule has 0 bridgehead atoms. The quantitative estimate of drug-likeness (QED) is 0.389. The molecule has 9 heteroatoms. The lowest BCUT2D eigenvalue weighted by Gasteiger charge is -2.06. The van der Waals surface area contributed by atoms with Gasteiger partial charge in [-0.15, -0.1) is 0 Å². The molecule has 2 aromatic carbocycles. The SMILES string of the molecule is O=C(O)c1cc(-c2ccc(-c3ccc4c(c3)OCO4)o2)nc2ccc([N+](=O)[O-])cc12. The summed E-state index contributed by atoms with van der Waals surface area (Å²) in [5, 5.41) is 20.8. The lowest BCUT2D eigenvalue weighted by Crippen LogP contribution is -2.01. The normalized spacial score (nSPS) is 12.3. The molecule has 3 heterocycles. The molecule has 0 saturated carbocycles. The summed E-state index contributed by atoms with van der Waals surface area (Å²) in [6, 6.07) is 14.1. The number of carboxylic acid groups (broad SMARTS) is 1. The second-order valence-electron chi connectivity index (χ2n) is 6.55. The molecule has 5 rings (SSSR count). The number of hydrogen-bond donors (Lipinski definition) is 1. The molecule has 1 aliphatic heterocycles. The van der Waals surface area contributed by atoms with Crippen molar-refractivity contribution in [2.75, 3.05) is 6.79 Å². The monoisotopic (exact) mass is 404 g/mol. The Bertz CT molecular complexity index is 1340. The Morgan fingerprint density at radius 2 is 1.80 bits per heavy atom. The molecule has 0 spiro atoms. The number of furan rings is 1. The highest BCUT2D eigenvalue weighted by atomic mass is 16.7. The average molecular weight is 404 g/mol. The lowest BCUT2D eigenvalue weighted by molar-refractivity contribution is -0.384. The summed E-state index contributed by atoms with van der Waals surface area (Å²) >= 11 is 0. The predicted octanol–water partition coefficient (Wildman–Crippen LogP) is 4.50. The number of aromatic nitrogens is 1. The van der Waals surface area contributed by atoms with Crippen molar-refractivity contribution < 1.29 is 28.7 Å². The predicted molar refractivity (Wildman–Crippen MR) is 105 cm³/mol. The van der Waals surface area contributed by atoms with Crippen LogP contribution in [0.25, 0.3) is 33.7 Å².